The number of halogens is 1. The van der Waals surface area contributed by atoms with Crippen LogP contribution in [-0.2, 0) is 14.3 Å². The molecule has 0 saturated carbocycles. The first-order valence-corrected chi connectivity index (χ1v) is 7.50. The second-order valence-electron chi connectivity index (χ2n) is 5.30. The summed E-state index contributed by atoms with van der Waals surface area (Å²) in [4.78, 5) is 33.6. The molecule has 2 aromatic rings. The van der Waals surface area contributed by atoms with Gasteiger partial charge in [0.1, 0.15) is 5.82 Å². The fourth-order valence-electron chi connectivity index (χ4n) is 1.97. The molecule has 0 fully saturated rings. The summed E-state index contributed by atoms with van der Waals surface area (Å²) in [5, 5.41) is 13.2. The predicted octanol–water partition coefficient (Wildman–Crippen LogP) is 3.24. The summed E-state index contributed by atoms with van der Waals surface area (Å²) in [6.07, 6.45) is 2.53. The largest absolute Gasteiger partial charge is 0.452 e. The number of carbonyl (C=O) groups is 2. The van der Waals surface area contributed by atoms with Crippen LogP contribution in [0, 0.1) is 22.9 Å². The van der Waals surface area contributed by atoms with Gasteiger partial charge in [-0.25, -0.2) is 9.18 Å². The van der Waals surface area contributed by atoms with E-state index in [4.69, 9.17) is 4.74 Å². The Morgan fingerprint density at radius 1 is 1.23 bits per heavy atom. The van der Waals surface area contributed by atoms with Crippen LogP contribution < -0.4 is 5.32 Å². The molecule has 0 heterocycles. The molecular weight excluding hydrogens is 343 g/mol. The van der Waals surface area contributed by atoms with E-state index in [1.54, 1.807) is 6.92 Å². The molecule has 0 unspecified atom stereocenters. The summed E-state index contributed by atoms with van der Waals surface area (Å²) in [5.74, 6) is -1.77. The van der Waals surface area contributed by atoms with Gasteiger partial charge < -0.3 is 10.1 Å². The SMILES string of the molecule is Cc1ccc([N+](=O)[O-])cc1NC(=O)COC(=O)/C=C/c1ccc(F)cc1. The number of hydrogen-bond acceptors (Lipinski definition) is 5. The van der Waals surface area contributed by atoms with E-state index < -0.39 is 29.2 Å². The average molecular weight is 358 g/mol. The van der Waals surface area contributed by atoms with Crippen molar-refractivity contribution in [3.05, 3.63) is 75.6 Å². The fourth-order valence-corrected chi connectivity index (χ4v) is 1.97. The van der Waals surface area contributed by atoms with Crippen LogP contribution in [0.5, 0.6) is 0 Å². The summed E-state index contributed by atoms with van der Waals surface area (Å²) in [5.41, 5.74) is 1.33. The predicted molar refractivity (Wildman–Crippen MR) is 92.9 cm³/mol. The maximum atomic E-state index is 12.8. The third-order valence-electron chi connectivity index (χ3n) is 3.33. The molecule has 2 rings (SSSR count). The van der Waals surface area contributed by atoms with Crippen molar-refractivity contribution in [2.24, 2.45) is 0 Å². The molecule has 0 saturated heterocycles. The first kappa shape index (κ1) is 18.8. The van der Waals surface area contributed by atoms with Crippen LogP contribution >= 0.6 is 0 Å². The van der Waals surface area contributed by atoms with E-state index in [-0.39, 0.29) is 11.4 Å². The first-order valence-electron chi connectivity index (χ1n) is 7.50. The van der Waals surface area contributed by atoms with Gasteiger partial charge in [-0.05, 0) is 36.3 Å². The zero-order valence-corrected chi connectivity index (χ0v) is 13.8. The molecule has 0 radical (unpaired) electrons. The number of nitro groups is 1. The number of nitrogens with one attached hydrogen (secondary N) is 1. The molecule has 0 spiro atoms. The van der Waals surface area contributed by atoms with Crippen LogP contribution in [0.15, 0.2) is 48.5 Å². The summed E-state index contributed by atoms with van der Waals surface area (Å²) in [6, 6.07) is 9.52. The Labute approximate surface area is 148 Å². The minimum atomic E-state index is -0.750. The minimum absolute atomic E-state index is 0.162. The van der Waals surface area contributed by atoms with Crippen LogP contribution in [0.1, 0.15) is 11.1 Å². The van der Waals surface area contributed by atoms with Gasteiger partial charge in [0.15, 0.2) is 6.61 Å². The Balaban J connectivity index is 1.88. The Kier molecular flexibility index (Phi) is 6.15. The summed E-state index contributed by atoms with van der Waals surface area (Å²) in [7, 11) is 0. The maximum Gasteiger partial charge on any atom is 0.331 e. The number of amides is 1. The lowest BCUT2D eigenvalue weighted by atomic mass is 10.2. The van der Waals surface area contributed by atoms with Crippen LogP contribution in [0.25, 0.3) is 6.08 Å². The molecule has 26 heavy (non-hydrogen) atoms. The molecule has 1 N–H and O–H groups in total. The Morgan fingerprint density at radius 3 is 2.58 bits per heavy atom. The highest BCUT2D eigenvalue weighted by Gasteiger charge is 2.12. The van der Waals surface area contributed by atoms with E-state index >= 15 is 0 Å². The first-order chi connectivity index (χ1) is 12.3. The van der Waals surface area contributed by atoms with E-state index in [2.05, 4.69) is 5.32 Å². The van der Waals surface area contributed by atoms with E-state index in [0.717, 1.165) is 6.08 Å². The molecule has 0 bridgehead atoms. The number of carbonyl (C=O) groups excluding carboxylic acids is 2. The zero-order chi connectivity index (χ0) is 19.1. The monoisotopic (exact) mass is 358 g/mol. The number of nitrogens with zero attached hydrogens (tertiary/aromatic N) is 1. The highest BCUT2D eigenvalue weighted by Crippen LogP contribution is 2.21. The number of aryl methyl sites for hydroxylation is 1. The maximum absolute atomic E-state index is 12.8. The molecule has 2 aromatic carbocycles. The quantitative estimate of drug-likeness (QED) is 0.370. The van der Waals surface area contributed by atoms with Crippen molar-refractivity contribution in [1.82, 2.24) is 0 Å². The molecule has 0 aliphatic carbocycles. The Morgan fingerprint density at radius 2 is 1.92 bits per heavy atom. The Hall–Kier alpha value is -3.55. The van der Waals surface area contributed by atoms with Crippen molar-refractivity contribution in [2.75, 3.05) is 11.9 Å². The molecule has 134 valence electrons. The molecule has 0 aromatic heterocycles. The molecule has 7 nitrogen and oxygen atoms in total. The second-order valence-corrected chi connectivity index (χ2v) is 5.30. The molecular formula is C18H15FN2O5. The van der Waals surface area contributed by atoms with E-state index in [0.29, 0.717) is 11.1 Å². The molecule has 0 aliphatic rings. The van der Waals surface area contributed by atoms with Gasteiger partial charge in [-0.3, -0.25) is 14.9 Å². The van der Waals surface area contributed by atoms with Crippen molar-refractivity contribution in [3.63, 3.8) is 0 Å². The van der Waals surface area contributed by atoms with Gasteiger partial charge in [0.25, 0.3) is 11.6 Å². The molecule has 1 amide bonds. The number of esters is 1. The second kappa shape index (κ2) is 8.52. The number of hydrogen-bond donors (Lipinski definition) is 1. The molecule has 0 aliphatic heterocycles. The van der Waals surface area contributed by atoms with Gasteiger partial charge >= 0.3 is 5.97 Å². The highest BCUT2D eigenvalue weighted by molar-refractivity contribution is 5.95. The number of nitro benzene ring substituents is 1. The zero-order valence-electron chi connectivity index (χ0n) is 13.8. The van der Waals surface area contributed by atoms with Gasteiger partial charge in [0, 0.05) is 18.2 Å². The van der Waals surface area contributed by atoms with Gasteiger partial charge in [0.05, 0.1) is 10.6 Å². The van der Waals surface area contributed by atoms with Crippen LogP contribution in [0.4, 0.5) is 15.8 Å². The number of benzene rings is 2. The summed E-state index contributed by atoms with van der Waals surface area (Å²) >= 11 is 0. The van der Waals surface area contributed by atoms with Crippen LogP contribution in [0.2, 0.25) is 0 Å². The minimum Gasteiger partial charge on any atom is -0.452 e. The van der Waals surface area contributed by atoms with Crippen molar-refractivity contribution >= 4 is 29.3 Å². The fraction of sp³-hybridized carbons (Fsp3) is 0.111. The summed E-state index contributed by atoms with van der Waals surface area (Å²) in [6.45, 7) is 1.13. The molecule has 8 heteroatoms. The summed E-state index contributed by atoms with van der Waals surface area (Å²) < 4.78 is 17.6. The number of ether oxygens (including phenoxy) is 1. The third-order valence-corrected chi connectivity index (χ3v) is 3.33. The van der Waals surface area contributed by atoms with Crippen LogP contribution in [-0.4, -0.2) is 23.4 Å². The number of rotatable bonds is 6. The van der Waals surface area contributed by atoms with E-state index in [1.165, 1.54) is 48.5 Å². The van der Waals surface area contributed by atoms with Gasteiger partial charge in [-0.2, -0.15) is 0 Å². The van der Waals surface area contributed by atoms with E-state index in [1.807, 2.05) is 0 Å². The van der Waals surface area contributed by atoms with Crippen molar-refractivity contribution in [1.29, 1.82) is 0 Å². The van der Waals surface area contributed by atoms with Gasteiger partial charge in [-0.15, -0.1) is 0 Å². The lowest BCUT2D eigenvalue weighted by Crippen LogP contribution is -2.20. The smallest absolute Gasteiger partial charge is 0.331 e. The lowest BCUT2D eigenvalue weighted by Gasteiger charge is -2.08. The third kappa shape index (κ3) is 5.52. The van der Waals surface area contributed by atoms with Gasteiger partial charge in [0.2, 0.25) is 0 Å². The normalized spacial score (nSPS) is 10.5. The average Bonchev–Trinajstić information content (AvgIpc) is 2.61. The van der Waals surface area contributed by atoms with Crippen molar-refractivity contribution < 1.29 is 23.6 Å². The van der Waals surface area contributed by atoms with Gasteiger partial charge in [-0.1, -0.05) is 18.2 Å². The van der Waals surface area contributed by atoms with E-state index in [9.17, 15) is 24.1 Å². The lowest BCUT2D eigenvalue weighted by molar-refractivity contribution is -0.384. The van der Waals surface area contributed by atoms with Crippen molar-refractivity contribution in [2.45, 2.75) is 6.92 Å². The number of non-ortho nitro benzene ring substituents is 1. The topological polar surface area (TPSA) is 98.5 Å². The van der Waals surface area contributed by atoms with Crippen molar-refractivity contribution in [3.8, 4) is 0 Å². The Bertz CT molecular complexity index is 862. The highest BCUT2D eigenvalue weighted by atomic mass is 19.1. The standard InChI is InChI=1S/C18H15FN2O5/c1-12-2-8-15(21(24)25)10-16(12)20-17(22)11-26-18(23)9-5-13-3-6-14(19)7-4-13/h2-10H,11H2,1H3,(H,20,22)/b9-5+. The number of anilines is 1. The molecule has 0 atom stereocenters. The van der Waals surface area contributed by atoms with Crippen LogP contribution in [0.3, 0.4) is 0 Å².